The van der Waals surface area contributed by atoms with Crippen molar-refractivity contribution in [2.75, 3.05) is 6.61 Å². The zero-order valence-corrected chi connectivity index (χ0v) is 18.1. The van der Waals surface area contributed by atoms with Crippen LogP contribution < -0.4 is 10.2 Å². The van der Waals surface area contributed by atoms with Crippen LogP contribution in [-0.4, -0.2) is 16.2 Å². The van der Waals surface area contributed by atoms with Gasteiger partial charge in [-0.25, -0.2) is 4.98 Å². The molecule has 32 heavy (non-hydrogen) atoms. The summed E-state index contributed by atoms with van der Waals surface area (Å²) in [5, 5.41) is 1.82. The third-order valence-electron chi connectivity index (χ3n) is 5.43. The maximum atomic E-state index is 12.8. The maximum absolute atomic E-state index is 12.8. The molecule has 5 aromatic rings. The Bertz CT molecular complexity index is 1440. The maximum Gasteiger partial charge on any atom is 0.200 e. The van der Waals surface area contributed by atoms with E-state index in [1.807, 2.05) is 54.9 Å². The molecule has 0 fully saturated rings. The molecule has 160 valence electrons. The summed E-state index contributed by atoms with van der Waals surface area (Å²) >= 11 is 5.98. The third-order valence-corrected chi connectivity index (χ3v) is 5.68. The molecule has 0 bridgehead atoms. The van der Waals surface area contributed by atoms with Gasteiger partial charge >= 0.3 is 0 Å². The van der Waals surface area contributed by atoms with Crippen LogP contribution in [-0.2, 0) is 6.54 Å². The first-order valence-electron chi connectivity index (χ1n) is 10.5. The highest BCUT2D eigenvalue weighted by molar-refractivity contribution is 6.30. The highest BCUT2D eigenvalue weighted by Crippen LogP contribution is 2.23. The van der Waals surface area contributed by atoms with E-state index in [9.17, 15) is 4.79 Å². The monoisotopic (exact) mass is 444 g/mol. The van der Waals surface area contributed by atoms with Gasteiger partial charge in [-0.05, 0) is 67.4 Å². The molecule has 0 spiro atoms. The minimum atomic E-state index is -0.0397. The molecule has 0 atom stereocenters. The topological polar surface area (TPSA) is 57.3 Å². The van der Waals surface area contributed by atoms with Crippen molar-refractivity contribution >= 4 is 33.5 Å². The summed E-state index contributed by atoms with van der Waals surface area (Å²) in [6.45, 7) is 1.41. The molecule has 0 N–H and O–H groups in total. The molecule has 2 aromatic heterocycles. The Morgan fingerprint density at radius 3 is 2.62 bits per heavy atom. The molecule has 0 aliphatic rings. The van der Waals surface area contributed by atoms with Crippen LogP contribution in [0, 0.1) is 0 Å². The number of benzene rings is 3. The third kappa shape index (κ3) is 4.12. The van der Waals surface area contributed by atoms with Crippen molar-refractivity contribution in [2.24, 2.45) is 0 Å². The second-order valence-corrected chi connectivity index (χ2v) is 8.03. The number of imidazole rings is 1. The number of aryl methyl sites for hydroxylation is 1. The van der Waals surface area contributed by atoms with Crippen LogP contribution in [0.3, 0.4) is 0 Å². The molecule has 3 aromatic carbocycles. The van der Waals surface area contributed by atoms with Crippen LogP contribution in [0.1, 0.15) is 12.8 Å². The Balaban J connectivity index is 1.21. The van der Waals surface area contributed by atoms with E-state index in [0.717, 1.165) is 30.8 Å². The molecule has 0 unspecified atom stereocenters. The van der Waals surface area contributed by atoms with Gasteiger partial charge in [0.2, 0.25) is 5.43 Å². The lowest BCUT2D eigenvalue weighted by Gasteiger charge is -2.10. The van der Waals surface area contributed by atoms with E-state index in [1.165, 1.54) is 0 Å². The van der Waals surface area contributed by atoms with Crippen molar-refractivity contribution in [1.82, 2.24) is 9.55 Å². The minimum Gasteiger partial charge on any atom is -0.494 e. The lowest BCUT2D eigenvalue weighted by Crippen LogP contribution is -2.04. The second kappa shape index (κ2) is 8.89. The predicted octanol–water partition coefficient (Wildman–Crippen LogP) is 6.32. The number of nitrogens with zero attached hydrogens (tertiary/aromatic N) is 2. The Hall–Kier alpha value is -3.57. The average molecular weight is 445 g/mol. The molecule has 0 aliphatic carbocycles. The van der Waals surface area contributed by atoms with Gasteiger partial charge in [-0.2, -0.15) is 0 Å². The van der Waals surface area contributed by atoms with Gasteiger partial charge in [0, 0.05) is 29.5 Å². The molecule has 6 heteroatoms. The van der Waals surface area contributed by atoms with Crippen LogP contribution in [0.2, 0.25) is 5.02 Å². The fraction of sp³-hybridized carbons (Fsp3) is 0.154. The Morgan fingerprint density at radius 2 is 1.75 bits per heavy atom. The summed E-state index contributed by atoms with van der Waals surface area (Å²) in [6.07, 6.45) is 5.61. The molecule has 0 saturated carbocycles. The van der Waals surface area contributed by atoms with Crippen molar-refractivity contribution in [3.8, 4) is 17.1 Å². The standard InChI is InChI=1S/C26H21ClN2O3/c27-19-9-7-18(8-10-19)26-28-13-15-29(26)14-3-4-16-31-20-11-12-24-22(17-20)25(30)21-5-1-2-6-23(21)32-24/h1-2,5-13,15,17H,3-4,14,16H2. The van der Waals surface area contributed by atoms with Crippen molar-refractivity contribution in [3.63, 3.8) is 0 Å². The van der Waals surface area contributed by atoms with E-state index in [0.29, 0.717) is 39.3 Å². The van der Waals surface area contributed by atoms with E-state index in [-0.39, 0.29) is 5.43 Å². The SMILES string of the molecule is O=c1c2ccccc2oc2ccc(OCCCCn3ccnc3-c3ccc(Cl)cc3)cc12. The summed E-state index contributed by atoms with van der Waals surface area (Å²) in [4.78, 5) is 17.3. The quantitative estimate of drug-likeness (QED) is 0.217. The first-order chi connectivity index (χ1) is 15.7. The number of para-hydroxylation sites is 1. The lowest BCUT2D eigenvalue weighted by atomic mass is 10.1. The van der Waals surface area contributed by atoms with E-state index in [2.05, 4.69) is 9.55 Å². The first-order valence-corrected chi connectivity index (χ1v) is 10.9. The van der Waals surface area contributed by atoms with Crippen LogP contribution in [0.4, 0.5) is 0 Å². The Morgan fingerprint density at radius 1 is 0.938 bits per heavy atom. The summed E-state index contributed by atoms with van der Waals surface area (Å²) in [6, 6.07) is 20.4. The zero-order chi connectivity index (χ0) is 21.9. The molecule has 0 saturated heterocycles. The Labute approximate surface area is 189 Å². The highest BCUT2D eigenvalue weighted by Gasteiger charge is 2.09. The summed E-state index contributed by atoms with van der Waals surface area (Å²) in [7, 11) is 0. The predicted molar refractivity (Wildman–Crippen MR) is 127 cm³/mol. The number of ether oxygens (including phenoxy) is 1. The van der Waals surface area contributed by atoms with Gasteiger partial charge in [-0.1, -0.05) is 23.7 Å². The molecule has 5 nitrogen and oxygen atoms in total. The van der Waals surface area contributed by atoms with Gasteiger partial charge in [-0.3, -0.25) is 4.79 Å². The van der Waals surface area contributed by atoms with E-state index < -0.39 is 0 Å². The number of unbranched alkanes of at least 4 members (excludes halogenated alkanes) is 1. The Kier molecular flexibility index (Phi) is 5.65. The highest BCUT2D eigenvalue weighted by atomic mass is 35.5. The fourth-order valence-electron chi connectivity index (χ4n) is 3.80. The van der Waals surface area contributed by atoms with Gasteiger partial charge in [0.1, 0.15) is 22.7 Å². The lowest BCUT2D eigenvalue weighted by molar-refractivity contribution is 0.303. The molecule has 0 aliphatic heterocycles. The smallest absolute Gasteiger partial charge is 0.200 e. The fourth-order valence-corrected chi connectivity index (χ4v) is 3.92. The van der Waals surface area contributed by atoms with E-state index in [1.54, 1.807) is 24.3 Å². The van der Waals surface area contributed by atoms with Crippen LogP contribution in [0.15, 0.2) is 88.3 Å². The van der Waals surface area contributed by atoms with Crippen LogP contribution >= 0.6 is 11.6 Å². The van der Waals surface area contributed by atoms with Crippen LogP contribution in [0.25, 0.3) is 33.3 Å². The molecule has 0 amide bonds. The largest absolute Gasteiger partial charge is 0.494 e. The van der Waals surface area contributed by atoms with Gasteiger partial charge in [-0.15, -0.1) is 0 Å². The second-order valence-electron chi connectivity index (χ2n) is 7.59. The van der Waals surface area contributed by atoms with Crippen molar-refractivity contribution in [1.29, 1.82) is 0 Å². The molecule has 0 radical (unpaired) electrons. The van der Waals surface area contributed by atoms with Crippen molar-refractivity contribution in [2.45, 2.75) is 19.4 Å². The average Bonchev–Trinajstić information content (AvgIpc) is 3.28. The minimum absolute atomic E-state index is 0.0397. The van der Waals surface area contributed by atoms with Gasteiger partial charge in [0.05, 0.1) is 17.4 Å². The van der Waals surface area contributed by atoms with Crippen molar-refractivity contribution < 1.29 is 9.15 Å². The number of fused-ring (bicyclic) bond motifs is 2. The number of hydrogen-bond donors (Lipinski definition) is 0. The normalized spacial score (nSPS) is 11.3. The molecule has 5 rings (SSSR count). The van der Waals surface area contributed by atoms with Gasteiger partial charge in [0.25, 0.3) is 0 Å². The first kappa shape index (κ1) is 20.3. The summed E-state index contributed by atoms with van der Waals surface area (Å²) in [5.74, 6) is 1.60. The van der Waals surface area contributed by atoms with Crippen LogP contribution in [0.5, 0.6) is 5.75 Å². The number of hydrogen-bond acceptors (Lipinski definition) is 4. The molecular weight excluding hydrogens is 424 g/mol. The zero-order valence-electron chi connectivity index (χ0n) is 17.3. The molecule has 2 heterocycles. The van der Waals surface area contributed by atoms with Gasteiger partial charge < -0.3 is 13.7 Å². The van der Waals surface area contributed by atoms with Crippen molar-refractivity contribution in [3.05, 3.63) is 94.4 Å². The van der Waals surface area contributed by atoms with E-state index in [4.69, 9.17) is 20.8 Å². The van der Waals surface area contributed by atoms with Gasteiger partial charge in [0.15, 0.2) is 0 Å². The number of halogens is 1. The molecular formula is C26H21ClN2O3. The summed E-state index contributed by atoms with van der Waals surface area (Å²) < 4.78 is 13.9. The summed E-state index contributed by atoms with van der Waals surface area (Å²) in [5.41, 5.74) is 2.16. The number of aromatic nitrogens is 2. The number of rotatable bonds is 7. The van der Waals surface area contributed by atoms with E-state index >= 15 is 0 Å².